The van der Waals surface area contributed by atoms with E-state index < -0.39 is 17.8 Å². The summed E-state index contributed by atoms with van der Waals surface area (Å²) in [6.07, 6.45) is -1.77. The molecule has 0 unspecified atom stereocenters. The van der Waals surface area contributed by atoms with Crippen LogP contribution < -0.4 is 5.32 Å². The molecule has 0 bridgehead atoms. The van der Waals surface area contributed by atoms with Gasteiger partial charge in [0.1, 0.15) is 11.5 Å². The third-order valence-corrected chi connectivity index (χ3v) is 2.16. The van der Waals surface area contributed by atoms with Crippen LogP contribution in [0.5, 0.6) is 0 Å². The number of anilines is 1. The fourth-order valence-corrected chi connectivity index (χ4v) is 1.31. The number of nitrogens with zero attached hydrogens (tertiary/aromatic N) is 1. The number of aliphatic carboxylic acids is 1. The van der Waals surface area contributed by atoms with Gasteiger partial charge in [-0.05, 0) is 24.6 Å². The quantitative estimate of drug-likeness (QED) is 0.810. The van der Waals surface area contributed by atoms with Gasteiger partial charge in [0.2, 0.25) is 0 Å². The highest BCUT2D eigenvalue weighted by atomic mass is 19.4. The third kappa shape index (κ3) is 4.61. The molecule has 4 nitrogen and oxygen atoms in total. The molecule has 1 aromatic heterocycles. The van der Waals surface area contributed by atoms with Crippen molar-refractivity contribution in [3.63, 3.8) is 0 Å². The van der Waals surface area contributed by atoms with Gasteiger partial charge in [-0.15, -0.1) is 0 Å². The van der Waals surface area contributed by atoms with Gasteiger partial charge in [-0.1, -0.05) is 6.92 Å². The minimum absolute atomic E-state index is 0.0224. The van der Waals surface area contributed by atoms with E-state index in [0.717, 1.165) is 12.1 Å². The maximum absolute atomic E-state index is 12.5. The monoisotopic (exact) mass is 274 g/mol. The zero-order valence-electron chi connectivity index (χ0n) is 10.2. The lowest BCUT2D eigenvalue weighted by molar-refractivity contribution is -0.141. The van der Waals surface area contributed by atoms with E-state index in [9.17, 15) is 18.0 Å². The standard InChI is InChI=1S/C12H13F3N2O2/c1-2-7-16-11-8(4-6-10(18)19)3-5-9(17-11)12(13,14)15/h3-6H,2,7H2,1H3,(H,16,17)(H,18,19)/b6-4+. The Morgan fingerprint density at radius 1 is 1.47 bits per heavy atom. The van der Waals surface area contributed by atoms with Crippen molar-refractivity contribution >= 4 is 17.9 Å². The Kier molecular flexibility index (Phi) is 4.91. The van der Waals surface area contributed by atoms with Crippen LogP contribution in [0.3, 0.4) is 0 Å². The highest BCUT2D eigenvalue weighted by Gasteiger charge is 2.32. The number of alkyl halides is 3. The van der Waals surface area contributed by atoms with Gasteiger partial charge in [0.25, 0.3) is 0 Å². The summed E-state index contributed by atoms with van der Waals surface area (Å²) in [4.78, 5) is 13.9. The van der Waals surface area contributed by atoms with Gasteiger partial charge in [-0.25, -0.2) is 9.78 Å². The van der Waals surface area contributed by atoms with Crippen LogP contribution >= 0.6 is 0 Å². The third-order valence-electron chi connectivity index (χ3n) is 2.16. The lowest BCUT2D eigenvalue weighted by Crippen LogP contribution is -2.11. The van der Waals surface area contributed by atoms with Gasteiger partial charge < -0.3 is 10.4 Å². The first kappa shape index (κ1) is 15.0. The molecule has 1 heterocycles. The van der Waals surface area contributed by atoms with Crippen molar-refractivity contribution in [2.75, 3.05) is 11.9 Å². The predicted molar refractivity (Wildman–Crippen MR) is 64.7 cm³/mol. The summed E-state index contributed by atoms with van der Waals surface area (Å²) >= 11 is 0. The molecule has 0 aromatic carbocycles. The molecular weight excluding hydrogens is 261 g/mol. The van der Waals surface area contributed by atoms with Crippen molar-refractivity contribution in [1.29, 1.82) is 0 Å². The van der Waals surface area contributed by atoms with Crippen molar-refractivity contribution in [2.45, 2.75) is 19.5 Å². The smallest absolute Gasteiger partial charge is 0.433 e. The molecule has 0 aliphatic rings. The van der Waals surface area contributed by atoms with Crippen LogP contribution in [0.1, 0.15) is 24.6 Å². The van der Waals surface area contributed by atoms with Gasteiger partial charge in [0, 0.05) is 18.2 Å². The SMILES string of the molecule is CCCNc1nc(C(F)(F)F)ccc1/C=C/C(=O)O. The Bertz CT molecular complexity index is 484. The van der Waals surface area contributed by atoms with E-state index in [1.807, 2.05) is 6.92 Å². The molecule has 0 spiro atoms. The van der Waals surface area contributed by atoms with Crippen LogP contribution in [0.25, 0.3) is 6.08 Å². The molecule has 0 saturated heterocycles. The summed E-state index contributed by atoms with van der Waals surface area (Å²) in [5, 5.41) is 11.3. The Morgan fingerprint density at radius 3 is 2.68 bits per heavy atom. The lowest BCUT2D eigenvalue weighted by atomic mass is 10.2. The highest BCUT2D eigenvalue weighted by Crippen LogP contribution is 2.29. The Hall–Kier alpha value is -2.05. The summed E-state index contributed by atoms with van der Waals surface area (Å²) in [6.45, 7) is 2.30. The molecule has 0 aliphatic heterocycles. The molecule has 0 atom stereocenters. The minimum Gasteiger partial charge on any atom is -0.478 e. The molecule has 2 N–H and O–H groups in total. The van der Waals surface area contributed by atoms with Gasteiger partial charge in [-0.3, -0.25) is 0 Å². The fourth-order valence-electron chi connectivity index (χ4n) is 1.31. The molecule has 0 fully saturated rings. The maximum atomic E-state index is 12.5. The molecule has 0 saturated carbocycles. The number of carboxylic acids is 1. The van der Waals surface area contributed by atoms with E-state index in [0.29, 0.717) is 18.5 Å². The van der Waals surface area contributed by atoms with Crippen LogP contribution in [0.15, 0.2) is 18.2 Å². The zero-order valence-corrected chi connectivity index (χ0v) is 10.2. The van der Waals surface area contributed by atoms with E-state index in [2.05, 4.69) is 10.3 Å². The first-order valence-corrected chi connectivity index (χ1v) is 5.57. The Morgan fingerprint density at radius 2 is 2.16 bits per heavy atom. The van der Waals surface area contributed by atoms with Crippen LogP contribution in [0, 0.1) is 0 Å². The summed E-state index contributed by atoms with van der Waals surface area (Å²) < 4.78 is 37.6. The van der Waals surface area contributed by atoms with E-state index in [1.54, 1.807) is 0 Å². The molecule has 1 aromatic rings. The van der Waals surface area contributed by atoms with E-state index in [1.165, 1.54) is 12.1 Å². The van der Waals surface area contributed by atoms with E-state index >= 15 is 0 Å². The predicted octanol–water partition coefficient (Wildman–Crippen LogP) is 3.02. The second-order valence-electron chi connectivity index (χ2n) is 3.73. The summed E-state index contributed by atoms with van der Waals surface area (Å²) in [5.74, 6) is -1.16. The Labute approximate surface area is 108 Å². The number of carboxylic acid groups (broad SMARTS) is 1. The van der Waals surface area contributed by atoms with Gasteiger partial charge in [0.15, 0.2) is 0 Å². The number of halogens is 3. The number of carbonyl (C=O) groups is 1. The van der Waals surface area contributed by atoms with Crippen molar-refractivity contribution in [2.24, 2.45) is 0 Å². The summed E-state index contributed by atoms with van der Waals surface area (Å²) in [6, 6.07) is 2.01. The molecule has 7 heteroatoms. The lowest BCUT2D eigenvalue weighted by Gasteiger charge is -2.11. The van der Waals surface area contributed by atoms with Gasteiger partial charge in [-0.2, -0.15) is 13.2 Å². The molecule has 0 aliphatic carbocycles. The molecular formula is C12H13F3N2O2. The molecule has 0 amide bonds. The topological polar surface area (TPSA) is 62.2 Å². The number of hydrogen-bond acceptors (Lipinski definition) is 3. The van der Waals surface area contributed by atoms with Crippen molar-refractivity contribution in [1.82, 2.24) is 4.98 Å². The average molecular weight is 274 g/mol. The molecule has 19 heavy (non-hydrogen) atoms. The second-order valence-corrected chi connectivity index (χ2v) is 3.73. The largest absolute Gasteiger partial charge is 0.478 e. The molecule has 1 rings (SSSR count). The van der Waals surface area contributed by atoms with Crippen molar-refractivity contribution < 1.29 is 23.1 Å². The number of aromatic nitrogens is 1. The number of pyridine rings is 1. The fraction of sp³-hybridized carbons (Fsp3) is 0.333. The van der Waals surface area contributed by atoms with Crippen LogP contribution in [-0.2, 0) is 11.0 Å². The second kappa shape index (κ2) is 6.21. The van der Waals surface area contributed by atoms with E-state index in [4.69, 9.17) is 5.11 Å². The maximum Gasteiger partial charge on any atom is 0.433 e. The zero-order chi connectivity index (χ0) is 14.5. The number of nitrogens with one attached hydrogen (secondary N) is 1. The number of rotatable bonds is 5. The first-order chi connectivity index (χ1) is 8.84. The average Bonchev–Trinajstić information content (AvgIpc) is 2.32. The first-order valence-electron chi connectivity index (χ1n) is 5.57. The van der Waals surface area contributed by atoms with E-state index in [-0.39, 0.29) is 5.82 Å². The van der Waals surface area contributed by atoms with Crippen LogP contribution in [0.4, 0.5) is 19.0 Å². The summed E-state index contributed by atoms with van der Waals surface area (Å²) in [5.41, 5.74) is -0.720. The minimum atomic E-state index is -4.53. The van der Waals surface area contributed by atoms with Crippen molar-refractivity contribution in [3.05, 3.63) is 29.5 Å². The highest BCUT2D eigenvalue weighted by molar-refractivity contribution is 5.86. The van der Waals surface area contributed by atoms with Gasteiger partial charge in [0.05, 0.1) is 0 Å². The van der Waals surface area contributed by atoms with Crippen LogP contribution in [0.2, 0.25) is 0 Å². The number of hydrogen-bond donors (Lipinski definition) is 2. The van der Waals surface area contributed by atoms with Gasteiger partial charge >= 0.3 is 12.1 Å². The van der Waals surface area contributed by atoms with Crippen molar-refractivity contribution in [3.8, 4) is 0 Å². The Balaban J connectivity index is 3.12. The normalized spacial score (nSPS) is 11.8. The molecule has 104 valence electrons. The summed E-state index contributed by atoms with van der Waals surface area (Å²) in [7, 11) is 0. The molecule has 0 radical (unpaired) electrons. The van der Waals surface area contributed by atoms with Crippen LogP contribution in [-0.4, -0.2) is 22.6 Å².